The maximum atomic E-state index is 11.0. The molecule has 104 valence electrons. The van der Waals surface area contributed by atoms with E-state index in [9.17, 15) is 10.1 Å². The van der Waals surface area contributed by atoms with E-state index in [0.717, 1.165) is 10.5 Å². The maximum Gasteiger partial charge on any atom is 0.311 e. The normalized spacial score (nSPS) is 10.2. The fourth-order valence-electron chi connectivity index (χ4n) is 1.65. The molecule has 2 N–H and O–H groups in total. The predicted octanol–water partition coefficient (Wildman–Crippen LogP) is 2.87. The van der Waals surface area contributed by atoms with Crippen LogP contribution in [-0.4, -0.2) is 17.0 Å². The van der Waals surface area contributed by atoms with Crippen LogP contribution in [-0.2, 0) is 5.75 Å². The number of nitro groups is 1. The van der Waals surface area contributed by atoms with Gasteiger partial charge in [0.1, 0.15) is 0 Å². The van der Waals surface area contributed by atoms with Crippen molar-refractivity contribution < 1.29 is 9.66 Å². The summed E-state index contributed by atoms with van der Waals surface area (Å²) in [6.07, 6.45) is 3.24. The van der Waals surface area contributed by atoms with Crippen LogP contribution >= 0.6 is 11.8 Å². The lowest BCUT2D eigenvalue weighted by Gasteiger charge is -2.06. The number of aromatic nitrogens is 1. The molecule has 0 aliphatic heterocycles. The number of ether oxygens (including phenoxy) is 1. The third-order valence-electron chi connectivity index (χ3n) is 2.64. The topological polar surface area (TPSA) is 91.3 Å². The van der Waals surface area contributed by atoms with Gasteiger partial charge in [-0.25, -0.2) is 0 Å². The van der Waals surface area contributed by atoms with Gasteiger partial charge >= 0.3 is 5.69 Å². The largest absolute Gasteiger partial charge is 0.490 e. The van der Waals surface area contributed by atoms with Crippen LogP contribution in [0.5, 0.6) is 5.75 Å². The van der Waals surface area contributed by atoms with Crippen LogP contribution in [0.1, 0.15) is 5.56 Å². The Morgan fingerprint density at radius 1 is 1.45 bits per heavy atom. The fraction of sp³-hybridized carbons (Fsp3) is 0.154. The van der Waals surface area contributed by atoms with E-state index in [4.69, 9.17) is 10.5 Å². The van der Waals surface area contributed by atoms with Crippen LogP contribution in [0.15, 0.2) is 41.6 Å². The van der Waals surface area contributed by atoms with Gasteiger partial charge in [-0.3, -0.25) is 15.1 Å². The van der Waals surface area contributed by atoms with Crippen LogP contribution in [0.25, 0.3) is 0 Å². The number of hydrogen-bond donors (Lipinski definition) is 1. The summed E-state index contributed by atoms with van der Waals surface area (Å²) >= 11 is 1.51. The van der Waals surface area contributed by atoms with E-state index < -0.39 is 4.92 Å². The molecule has 0 radical (unpaired) electrons. The first-order valence-corrected chi connectivity index (χ1v) is 6.74. The number of methoxy groups -OCH3 is 1. The minimum atomic E-state index is -0.451. The number of thioether (sulfide) groups is 1. The average Bonchev–Trinajstić information content (AvgIpc) is 2.46. The van der Waals surface area contributed by atoms with Gasteiger partial charge in [-0.1, -0.05) is 6.07 Å². The van der Waals surface area contributed by atoms with Crippen LogP contribution in [0, 0.1) is 10.1 Å². The Bertz CT molecular complexity index is 634. The van der Waals surface area contributed by atoms with Crippen LogP contribution < -0.4 is 10.5 Å². The van der Waals surface area contributed by atoms with Gasteiger partial charge in [-0.2, -0.15) is 0 Å². The smallest absolute Gasteiger partial charge is 0.311 e. The summed E-state index contributed by atoms with van der Waals surface area (Å²) < 4.78 is 4.97. The maximum absolute atomic E-state index is 11.0. The van der Waals surface area contributed by atoms with Gasteiger partial charge in [0.2, 0.25) is 0 Å². The van der Waals surface area contributed by atoms with Gasteiger partial charge in [0.15, 0.2) is 5.75 Å². The zero-order valence-electron chi connectivity index (χ0n) is 10.8. The molecule has 2 aromatic rings. The van der Waals surface area contributed by atoms with E-state index in [0.29, 0.717) is 11.4 Å². The Hall–Kier alpha value is -2.28. The van der Waals surface area contributed by atoms with Crippen molar-refractivity contribution in [2.24, 2.45) is 0 Å². The molecule has 0 spiro atoms. The number of nitrogens with two attached hydrogens (primary N) is 1. The van der Waals surface area contributed by atoms with Crippen LogP contribution in [0.4, 0.5) is 11.4 Å². The molecule has 6 nitrogen and oxygen atoms in total. The molecule has 0 aliphatic rings. The van der Waals surface area contributed by atoms with Gasteiger partial charge in [0.05, 0.1) is 23.9 Å². The second-order valence-electron chi connectivity index (χ2n) is 3.97. The zero-order valence-corrected chi connectivity index (χ0v) is 11.6. The number of pyridine rings is 1. The van der Waals surface area contributed by atoms with E-state index in [1.165, 1.54) is 24.9 Å². The summed E-state index contributed by atoms with van der Waals surface area (Å²) in [6.45, 7) is 0. The molecule has 0 unspecified atom stereocenters. The predicted molar refractivity (Wildman–Crippen MR) is 77.9 cm³/mol. The third-order valence-corrected chi connectivity index (χ3v) is 3.80. The number of nitrogen functional groups attached to an aromatic ring is 1. The van der Waals surface area contributed by atoms with E-state index in [1.54, 1.807) is 24.5 Å². The lowest BCUT2D eigenvalue weighted by atomic mass is 10.2. The third kappa shape index (κ3) is 3.18. The molecule has 0 bridgehead atoms. The van der Waals surface area contributed by atoms with Crippen molar-refractivity contribution in [1.29, 1.82) is 0 Å². The number of anilines is 1. The highest BCUT2D eigenvalue weighted by Crippen LogP contribution is 2.32. The van der Waals surface area contributed by atoms with E-state index >= 15 is 0 Å². The van der Waals surface area contributed by atoms with Gasteiger partial charge in [0.25, 0.3) is 0 Å². The van der Waals surface area contributed by atoms with Crippen molar-refractivity contribution in [1.82, 2.24) is 4.98 Å². The minimum absolute atomic E-state index is 0.0340. The minimum Gasteiger partial charge on any atom is -0.490 e. The number of rotatable bonds is 5. The summed E-state index contributed by atoms with van der Waals surface area (Å²) in [5.41, 5.74) is 7.19. The quantitative estimate of drug-likeness (QED) is 0.517. The molecule has 0 amide bonds. The molecule has 0 aliphatic carbocycles. The van der Waals surface area contributed by atoms with Crippen molar-refractivity contribution in [3.63, 3.8) is 0 Å². The molecular formula is C13H13N3O3S. The molecule has 2 rings (SSSR count). The molecule has 7 heteroatoms. The summed E-state index contributed by atoms with van der Waals surface area (Å²) in [5, 5.41) is 11.0. The Kier molecular flexibility index (Phi) is 4.41. The van der Waals surface area contributed by atoms with Crippen molar-refractivity contribution in [2.75, 3.05) is 12.8 Å². The average molecular weight is 291 g/mol. The molecular weight excluding hydrogens is 278 g/mol. The van der Waals surface area contributed by atoms with Gasteiger partial charge in [0, 0.05) is 22.9 Å². The highest BCUT2D eigenvalue weighted by molar-refractivity contribution is 7.98. The fourth-order valence-corrected chi connectivity index (χ4v) is 2.53. The van der Waals surface area contributed by atoms with Gasteiger partial charge in [-0.05, 0) is 17.7 Å². The first-order chi connectivity index (χ1) is 9.61. The standard InChI is InChI=1S/C13H13N3O3S/c1-19-12-3-2-9(6-11(12)16(17)18)8-20-13-4-5-15-7-10(13)14/h2-7H,8,14H2,1H3. The van der Waals surface area contributed by atoms with Crippen molar-refractivity contribution >= 4 is 23.1 Å². The summed E-state index contributed by atoms with van der Waals surface area (Å²) in [6, 6.07) is 6.74. The Labute approximate surface area is 120 Å². The van der Waals surface area contributed by atoms with Crippen molar-refractivity contribution in [3.05, 3.63) is 52.3 Å². The Balaban J connectivity index is 2.16. The van der Waals surface area contributed by atoms with E-state index in [-0.39, 0.29) is 11.4 Å². The molecule has 0 saturated carbocycles. The van der Waals surface area contributed by atoms with E-state index in [1.807, 2.05) is 6.07 Å². The lowest BCUT2D eigenvalue weighted by Crippen LogP contribution is -1.95. The first-order valence-electron chi connectivity index (χ1n) is 5.75. The number of nitrogens with zero attached hydrogens (tertiary/aromatic N) is 2. The molecule has 0 saturated heterocycles. The van der Waals surface area contributed by atoms with Gasteiger partial charge < -0.3 is 10.5 Å². The van der Waals surface area contributed by atoms with Crippen molar-refractivity contribution in [2.45, 2.75) is 10.6 Å². The molecule has 0 atom stereocenters. The van der Waals surface area contributed by atoms with Crippen LogP contribution in [0.2, 0.25) is 0 Å². The Morgan fingerprint density at radius 2 is 2.25 bits per heavy atom. The van der Waals surface area contributed by atoms with Crippen LogP contribution in [0.3, 0.4) is 0 Å². The second kappa shape index (κ2) is 6.25. The molecule has 1 aromatic heterocycles. The lowest BCUT2D eigenvalue weighted by molar-refractivity contribution is -0.385. The number of nitro benzene ring substituents is 1. The summed E-state index contributed by atoms with van der Waals surface area (Å²) in [7, 11) is 1.41. The summed E-state index contributed by atoms with van der Waals surface area (Å²) in [5.74, 6) is 0.839. The van der Waals surface area contributed by atoms with Crippen molar-refractivity contribution in [3.8, 4) is 5.75 Å². The second-order valence-corrected chi connectivity index (χ2v) is 4.98. The molecule has 0 fully saturated rings. The van der Waals surface area contributed by atoms with E-state index in [2.05, 4.69) is 4.98 Å². The monoisotopic (exact) mass is 291 g/mol. The number of benzene rings is 1. The highest BCUT2D eigenvalue weighted by atomic mass is 32.2. The first kappa shape index (κ1) is 14.1. The Morgan fingerprint density at radius 3 is 2.90 bits per heavy atom. The molecule has 1 heterocycles. The summed E-state index contributed by atoms with van der Waals surface area (Å²) in [4.78, 5) is 15.3. The van der Waals surface area contributed by atoms with Gasteiger partial charge in [-0.15, -0.1) is 11.8 Å². The zero-order chi connectivity index (χ0) is 14.5. The SMILES string of the molecule is COc1ccc(CSc2ccncc2N)cc1[N+](=O)[O-]. The number of hydrogen-bond acceptors (Lipinski definition) is 6. The molecule has 20 heavy (non-hydrogen) atoms. The highest BCUT2D eigenvalue weighted by Gasteiger charge is 2.15. The molecule has 1 aromatic carbocycles.